The summed E-state index contributed by atoms with van der Waals surface area (Å²) in [6, 6.07) is 14.4. The number of nitrogens with zero attached hydrogens (tertiary/aromatic N) is 3. The van der Waals surface area contributed by atoms with Gasteiger partial charge in [-0.05, 0) is 35.7 Å². The number of anilines is 1. The summed E-state index contributed by atoms with van der Waals surface area (Å²) >= 11 is 1.15. The summed E-state index contributed by atoms with van der Waals surface area (Å²) in [5, 5.41) is 1.32. The van der Waals surface area contributed by atoms with Crippen LogP contribution >= 0.6 is 11.8 Å². The molecule has 1 atom stereocenters. The van der Waals surface area contributed by atoms with Gasteiger partial charge in [0.2, 0.25) is 11.8 Å². The van der Waals surface area contributed by atoms with E-state index in [1.807, 2.05) is 24.4 Å². The Bertz CT molecular complexity index is 1360. The second-order valence-electron chi connectivity index (χ2n) is 6.90. The first-order chi connectivity index (χ1) is 14.0. The number of amides is 2. The van der Waals surface area contributed by atoms with Crippen LogP contribution in [0.15, 0.2) is 64.7 Å². The maximum atomic E-state index is 13.0. The third kappa shape index (κ3) is 2.84. The van der Waals surface area contributed by atoms with Crippen molar-refractivity contribution in [3.63, 3.8) is 0 Å². The highest BCUT2D eigenvalue weighted by Crippen LogP contribution is 2.34. The Morgan fingerprint density at radius 1 is 1.10 bits per heavy atom. The Morgan fingerprint density at radius 2 is 1.93 bits per heavy atom. The van der Waals surface area contributed by atoms with Gasteiger partial charge in [-0.15, -0.1) is 0 Å². The monoisotopic (exact) mass is 404 g/mol. The van der Waals surface area contributed by atoms with Crippen LogP contribution in [-0.4, -0.2) is 31.6 Å². The number of benzene rings is 2. The van der Waals surface area contributed by atoms with Crippen molar-refractivity contribution < 1.29 is 9.59 Å². The summed E-state index contributed by atoms with van der Waals surface area (Å²) in [5.74, 6) is -0.558. The molecule has 1 saturated heterocycles. The van der Waals surface area contributed by atoms with E-state index in [-0.39, 0.29) is 23.8 Å². The SMILES string of the molecule is Cn1c(SC2CC(=O)N(c3ccc4cc[nH]c4c3)C2=O)nc2ccccc2c1=O. The van der Waals surface area contributed by atoms with E-state index in [0.717, 1.165) is 22.7 Å². The van der Waals surface area contributed by atoms with Crippen LogP contribution in [0, 0.1) is 0 Å². The molecule has 1 N–H and O–H groups in total. The molecular formula is C21H16N4O3S. The van der Waals surface area contributed by atoms with Crippen molar-refractivity contribution in [2.75, 3.05) is 4.90 Å². The van der Waals surface area contributed by atoms with E-state index < -0.39 is 5.25 Å². The van der Waals surface area contributed by atoms with Crippen LogP contribution < -0.4 is 10.5 Å². The Labute approximate surface area is 169 Å². The molecule has 0 radical (unpaired) electrons. The van der Waals surface area contributed by atoms with Crippen LogP contribution in [0.2, 0.25) is 0 Å². The summed E-state index contributed by atoms with van der Waals surface area (Å²) in [6.45, 7) is 0. The standard InChI is InChI=1S/C21H16N4O3S/c1-24-19(27)14-4-2-3-5-15(14)23-21(24)29-17-11-18(26)25(20(17)28)13-7-6-12-8-9-22-16(12)10-13/h2-10,17,22H,11H2,1H3. The van der Waals surface area contributed by atoms with Crippen LogP contribution in [0.25, 0.3) is 21.8 Å². The molecule has 0 aliphatic carbocycles. The summed E-state index contributed by atoms with van der Waals surface area (Å²) < 4.78 is 1.43. The number of nitrogens with one attached hydrogen (secondary N) is 1. The molecule has 1 fully saturated rings. The molecule has 2 amide bonds. The van der Waals surface area contributed by atoms with Crippen molar-refractivity contribution in [2.24, 2.45) is 7.05 Å². The molecule has 2 aromatic heterocycles. The second kappa shape index (κ2) is 6.59. The number of carbonyl (C=O) groups is 2. The molecule has 0 spiro atoms. The first-order valence-electron chi connectivity index (χ1n) is 9.09. The van der Waals surface area contributed by atoms with E-state index in [2.05, 4.69) is 9.97 Å². The summed E-state index contributed by atoms with van der Waals surface area (Å²) in [5.41, 5.74) is 1.80. The van der Waals surface area contributed by atoms with Crippen LogP contribution in [0.1, 0.15) is 6.42 Å². The molecule has 1 aliphatic heterocycles. The number of thioether (sulfide) groups is 1. The number of imide groups is 1. The zero-order valence-corrected chi connectivity index (χ0v) is 16.3. The predicted octanol–water partition coefficient (Wildman–Crippen LogP) is 2.84. The van der Waals surface area contributed by atoms with Gasteiger partial charge in [-0.25, -0.2) is 9.88 Å². The van der Waals surface area contributed by atoms with E-state index in [0.29, 0.717) is 21.7 Å². The minimum absolute atomic E-state index is 0.0644. The molecule has 144 valence electrons. The predicted molar refractivity (Wildman–Crippen MR) is 112 cm³/mol. The summed E-state index contributed by atoms with van der Waals surface area (Å²) in [4.78, 5) is 47.1. The van der Waals surface area contributed by atoms with Gasteiger partial charge in [-0.2, -0.15) is 0 Å². The zero-order chi connectivity index (χ0) is 20.1. The molecule has 1 unspecified atom stereocenters. The molecule has 4 aromatic rings. The number of hydrogen-bond acceptors (Lipinski definition) is 5. The fourth-order valence-corrected chi connectivity index (χ4v) is 4.65. The highest BCUT2D eigenvalue weighted by atomic mass is 32.2. The van der Waals surface area contributed by atoms with Crippen LogP contribution in [0.4, 0.5) is 5.69 Å². The number of H-pyrrole nitrogens is 1. The highest BCUT2D eigenvalue weighted by Gasteiger charge is 2.41. The first-order valence-corrected chi connectivity index (χ1v) is 9.97. The van der Waals surface area contributed by atoms with Crippen molar-refractivity contribution in [3.8, 4) is 0 Å². The van der Waals surface area contributed by atoms with Gasteiger partial charge in [0.25, 0.3) is 5.56 Å². The number of aromatic amines is 1. The van der Waals surface area contributed by atoms with E-state index >= 15 is 0 Å². The Hall–Kier alpha value is -3.39. The number of carbonyl (C=O) groups excluding carboxylic acids is 2. The minimum Gasteiger partial charge on any atom is -0.361 e. The number of rotatable bonds is 3. The van der Waals surface area contributed by atoms with E-state index in [1.165, 1.54) is 9.47 Å². The number of fused-ring (bicyclic) bond motifs is 2. The molecular weight excluding hydrogens is 388 g/mol. The molecule has 3 heterocycles. The lowest BCUT2D eigenvalue weighted by atomic mass is 10.2. The summed E-state index contributed by atoms with van der Waals surface area (Å²) in [7, 11) is 1.63. The normalized spacial score (nSPS) is 17.0. The molecule has 7 nitrogen and oxygen atoms in total. The molecule has 5 rings (SSSR count). The largest absolute Gasteiger partial charge is 0.361 e. The van der Waals surface area contributed by atoms with Crippen LogP contribution in [-0.2, 0) is 16.6 Å². The average molecular weight is 404 g/mol. The highest BCUT2D eigenvalue weighted by molar-refractivity contribution is 8.00. The van der Waals surface area contributed by atoms with Gasteiger partial charge in [0, 0.05) is 25.2 Å². The van der Waals surface area contributed by atoms with Gasteiger partial charge < -0.3 is 4.98 Å². The fourth-order valence-electron chi connectivity index (χ4n) is 3.57. The van der Waals surface area contributed by atoms with Crippen molar-refractivity contribution in [2.45, 2.75) is 16.8 Å². The van der Waals surface area contributed by atoms with E-state index in [4.69, 9.17) is 0 Å². The Kier molecular flexibility index (Phi) is 4.02. The smallest absolute Gasteiger partial charge is 0.261 e. The van der Waals surface area contributed by atoms with E-state index in [9.17, 15) is 14.4 Å². The quantitative estimate of drug-likeness (QED) is 0.419. The number of para-hydroxylation sites is 1. The molecule has 0 bridgehead atoms. The fraction of sp³-hybridized carbons (Fsp3) is 0.143. The first kappa shape index (κ1) is 17.7. The lowest BCUT2D eigenvalue weighted by molar-refractivity contribution is -0.121. The molecule has 1 aliphatic rings. The molecule has 29 heavy (non-hydrogen) atoms. The summed E-state index contributed by atoms with van der Waals surface area (Å²) in [6.07, 6.45) is 1.88. The van der Waals surface area contributed by atoms with Crippen molar-refractivity contribution in [3.05, 3.63) is 65.1 Å². The van der Waals surface area contributed by atoms with Gasteiger partial charge >= 0.3 is 0 Å². The minimum atomic E-state index is -0.624. The lowest BCUT2D eigenvalue weighted by Crippen LogP contribution is -2.31. The van der Waals surface area contributed by atoms with Crippen LogP contribution in [0.5, 0.6) is 0 Å². The molecule has 0 saturated carbocycles. The van der Waals surface area contributed by atoms with Crippen molar-refractivity contribution in [1.82, 2.24) is 14.5 Å². The second-order valence-corrected chi connectivity index (χ2v) is 8.07. The van der Waals surface area contributed by atoms with Gasteiger partial charge in [0.15, 0.2) is 5.16 Å². The van der Waals surface area contributed by atoms with Gasteiger partial charge in [0.05, 0.1) is 16.6 Å². The van der Waals surface area contributed by atoms with Crippen molar-refractivity contribution in [1.29, 1.82) is 0 Å². The average Bonchev–Trinajstić information content (AvgIpc) is 3.29. The number of hydrogen-bond donors (Lipinski definition) is 1. The van der Waals surface area contributed by atoms with Crippen LogP contribution in [0.3, 0.4) is 0 Å². The zero-order valence-electron chi connectivity index (χ0n) is 15.5. The Balaban J connectivity index is 1.48. The van der Waals surface area contributed by atoms with Gasteiger partial charge in [0.1, 0.15) is 5.25 Å². The third-order valence-electron chi connectivity index (χ3n) is 5.09. The number of aromatic nitrogens is 3. The Morgan fingerprint density at radius 3 is 2.79 bits per heavy atom. The van der Waals surface area contributed by atoms with E-state index in [1.54, 1.807) is 37.4 Å². The maximum Gasteiger partial charge on any atom is 0.261 e. The lowest BCUT2D eigenvalue weighted by Gasteiger charge is -2.15. The maximum absolute atomic E-state index is 13.0. The third-order valence-corrected chi connectivity index (χ3v) is 6.32. The van der Waals surface area contributed by atoms with Gasteiger partial charge in [-0.1, -0.05) is 30.0 Å². The van der Waals surface area contributed by atoms with Gasteiger partial charge in [-0.3, -0.25) is 19.0 Å². The molecule has 2 aromatic carbocycles. The molecule has 8 heteroatoms. The topological polar surface area (TPSA) is 88.1 Å². The van der Waals surface area contributed by atoms with Crippen molar-refractivity contribution >= 4 is 51.1 Å².